The topological polar surface area (TPSA) is 66.6 Å². The Balaban J connectivity index is 1.78. The van der Waals surface area contributed by atoms with Crippen molar-refractivity contribution in [3.63, 3.8) is 0 Å². The van der Waals surface area contributed by atoms with Crippen LogP contribution >= 0.6 is 0 Å². The fraction of sp³-hybridized carbons (Fsp3) is 0.143. The second-order valence-electron chi connectivity index (χ2n) is 3.98. The molecule has 2 N–H and O–H groups in total. The van der Waals surface area contributed by atoms with E-state index < -0.39 is 0 Å². The minimum atomic E-state index is -0.217. The lowest BCUT2D eigenvalue weighted by molar-refractivity contribution is -0.119. The van der Waals surface area contributed by atoms with Crippen LogP contribution in [0.3, 0.4) is 0 Å². The van der Waals surface area contributed by atoms with Gasteiger partial charge < -0.3 is 9.73 Å². The number of hydrazone groups is 1. The van der Waals surface area contributed by atoms with Gasteiger partial charge in [0, 0.05) is 5.69 Å². The van der Waals surface area contributed by atoms with Gasteiger partial charge in [-0.3, -0.25) is 4.79 Å². The van der Waals surface area contributed by atoms with E-state index in [9.17, 15) is 4.79 Å². The summed E-state index contributed by atoms with van der Waals surface area (Å²) in [6.07, 6.45) is 2.99. The van der Waals surface area contributed by atoms with E-state index in [-0.39, 0.29) is 12.5 Å². The Morgan fingerprint density at radius 3 is 2.89 bits per heavy atom. The largest absolute Gasteiger partial charge is 0.463 e. The van der Waals surface area contributed by atoms with E-state index in [0.29, 0.717) is 5.76 Å². The lowest BCUT2D eigenvalue weighted by Gasteiger charge is -2.07. The van der Waals surface area contributed by atoms with Crippen molar-refractivity contribution in [2.75, 3.05) is 11.9 Å². The number of benzene rings is 1. The van der Waals surface area contributed by atoms with Crippen LogP contribution < -0.4 is 10.7 Å². The van der Waals surface area contributed by atoms with Gasteiger partial charge in [0.25, 0.3) is 5.91 Å². The Kier molecular flexibility index (Phi) is 4.34. The molecule has 0 fully saturated rings. The first kappa shape index (κ1) is 12.9. The van der Waals surface area contributed by atoms with Gasteiger partial charge in [0.05, 0.1) is 19.0 Å². The molecule has 0 aliphatic carbocycles. The first-order valence-corrected chi connectivity index (χ1v) is 5.90. The Hall–Kier alpha value is -2.56. The second-order valence-corrected chi connectivity index (χ2v) is 3.98. The number of hydrogen-bond acceptors (Lipinski definition) is 4. The quantitative estimate of drug-likeness (QED) is 0.637. The Morgan fingerprint density at radius 2 is 2.16 bits per heavy atom. The maximum atomic E-state index is 11.5. The van der Waals surface area contributed by atoms with Gasteiger partial charge in [0.1, 0.15) is 5.76 Å². The van der Waals surface area contributed by atoms with Crippen LogP contribution in [-0.2, 0) is 4.79 Å². The maximum absolute atomic E-state index is 11.5. The summed E-state index contributed by atoms with van der Waals surface area (Å²) in [5.41, 5.74) is 4.45. The van der Waals surface area contributed by atoms with Crippen LogP contribution in [0.5, 0.6) is 0 Å². The molecule has 2 rings (SSSR count). The first-order chi connectivity index (χ1) is 9.25. The average molecular weight is 257 g/mol. The van der Waals surface area contributed by atoms with Crippen molar-refractivity contribution >= 4 is 17.8 Å². The number of anilines is 1. The summed E-state index contributed by atoms with van der Waals surface area (Å²) in [5, 5.41) is 6.84. The Bertz CT molecular complexity index is 562. The molecule has 0 saturated heterocycles. The van der Waals surface area contributed by atoms with Gasteiger partial charge in [0.2, 0.25) is 0 Å². The summed E-state index contributed by atoms with van der Waals surface area (Å²) in [6.45, 7) is 2.15. The van der Waals surface area contributed by atoms with E-state index in [1.54, 1.807) is 18.4 Å². The van der Waals surface area contributed by atoms with E-state index in [1.165, 1.54) is 6.21 Å². The fourth-order valence-electron chi connectivity index (χ4n) is 1.52. The van der Waals surface area contributed by atoms with E-state index in [1.807, 2.05) is 31.2 Å². The molecule has 0 aliphatic rings. The molecule has 0 atom stereocenters. The van der Waals surface area contributed by atoms with Gasteiger partial charge in [-0.05, 0) is 30.7 Å². The lowest BCUT2D eigenvalue weighted by Crippen LogP contribution is -2.26. The monoisotopic (exact) mass is 257 g/mol. The third-order valence-corrected chi connectivity index (χ3v) is 2.51. The highest BCUT2D eigenvalue weighted by molar-refractivity contribution is 5.83. The molecular weight excluding hydrogens is 242 g/mol. The maximum Gasteiger partial charge on any atom is 0.259 e. The molecule has 1 heterocycles. The smallest absolute Gasteiger partial charge is 0.259 e. The normalized spacial score (nSPS) is 10.6. The van der Waals surface area contributed by atoms with Crippen LogP contribution in [0.2, 0.25) is 0 Å². The summed E-state index contributed by atoms with van der Waals surface area (Å²) < 4.78 is 5.04. The van der Waals surface area contributed by atoms with Gasteiger partial charge in [-0.2, -0.15) is 5.10 Å². The molecule has 5 heteroatoms. The molecule has 0 radical (unpaired) electrons. The molecule has 1 aromatic carbocycles. The predicted octanol–water partition coefficient (Wildman–Crippen LogP) is 2.15. The van der Waals surface area contributed by atoms with E-state index >= 15 is 0 Å². The third-order valence-electron chi connectivity index (χ3n) is 2.51. The Labute approximate surface area is 111 Å². The third kappa shape index (κ3) is 3.99. The van der Waals surface area contributed by atoms with E-state index in [0.717, 1.165) is 11.3 Å². The zero-order chi connectivity index (χ0) is 13.5. The first-order valence-electron chi connectivity index (χ1n) is 5.90. The molecule has 1 aromatic heterocycles. The van der Waals surface area contributed by atoms with Gasteiger partial charge in [0.15, 0.2) is 0 Å². The molecule has 98 valence electrons. The van der Waals surface area contributed by atoms with E-state index in [4.69, 9.17) is 4.42 Å². The van der Waals surface area contributed by atoms with Crippen LogP contribution in [0.1, 0.15) is 11.3 Å². The molecule has 0 aliphatic heterocycles. The molecule has 5 nitrogen and oxygen atoms in total. The highest BCUT2D eigenvalue weighted by atomic mass is 16.3. The SMILES string of the molecule is Cc1ccccc1NCC(=O)N/N=C\c1ccco1. The summed E-state index contributed by atoms with van der Waals surface area (Å²) >= 11 is 0. The number of para-hydroxylation sites is 1. The zero-order valence-electron chi connectivity index (χ0n) is 10.6. The molecule has 2 aromatic rings. The summed E-state index contributed by atoms with van der Waals surface area (Å²) in [5.74, 6) is 0.373. The summed E-state index contributed by atoms with van der Waals surface area (Å²) in [7, 11) is 0. The second kappa shape index (κ2) is 6.39. The van der Waals surface area contributed by atoms with Crippen LogP contribution in [0.25, 0.3) is 0 Å². The van der Waals surface area contributed by atoms with Gasteiger partial charge in [-0.1, -0.05) is 18.2 Å². The highest BCUT2D eigenvalue weighted by Gasteiger charge is 2.01. The molecule has 1 amide bonds. The zero-order valence-corrected chi connectivity index (χ0v) is 10.6. The lowest BCUT2D eigenvalue weighted by atomic mass is 10.2. The van der Waals surface area contributed by atoms with Crippen LogP contribution in [0.15, 0.2) is 52.2 Å². The number of rotatable bonds is 5. The number of nitrogens with zero attached hydrogens (tertiary/aromatic N) is 1. The Morgan fingerprint density at radius 1 is 1.32 bits per heavy atom. The van der Waals surface area contributed by atoms with Crippen molar-refractivity contribution in [2.45, 2.75) is 6.92 Å². The van der Waals surface area contributed by atoms with Gasteiger partial charge in [-0.25, -0.2) is 5.43 Å². The standard InChI is InChI=1S/C14H15N3O2/c1-11-5-2-3-7-13(11)15-10-14(18)17-16-9-12-6-4-8-19-12/h2-9,15H,10H2,1H3,(H,17,18)/b16-9-. The number of amides is 1. The summed E-state index contributed by atoms with van der Waals surface area (Å²) in [6, 6.07) is 11.3. The minimum Gasteiger partial charge on any atom is -0.463 e. The number of hydrogen-bond donors (Lipinski definition) is 2. The number of aryl methyl sites for hydroxylation is 1. The molecule has 19 heavy (non-hydrogen) atoms. The van der Waals surface area contributed by atoms with Crippen molar-refractivity contribution in [2.24, 2.45) is 5.10 Å². The number of nitrogens with one attached hydrogen (secondary N) is 2. The molecular formula is C14H15N3O2. The highest BCUT2D eigenvalue weighted by Crippen LogP contribution is 2.12. The van der Waals surface area contributed by atoms with Gasteiger partial charge >= 0.3 is 0 Å². The molecule has 0 bridgehead atoms. The fourth-order valence-corrected chi connectivity index (χ4v) is 1.52. The van der Waals surface area contributed by atoms with Crippen molar-refractivity contribution in [3.05, 3.63) is 54.0 Å². The number of furan rings is 1. The number of carbonyl (C=O) groups excluding carboxylic acids is 1. The van der Waals surface area contributed by atoms with Crippen LogP contribution in [0, 0.1) is 6.92 Å². The molecule has 0 saturated carbocycles. The van der Waals surface area contributed by atoms with Crippen LogP contribution in [0.4, 0.5) is 5.69 Å². The molecule has 0 spiro atoms. The van der Waals surface area contributed by atoms with Crippen molar-refractivity contribution < 1.29 is 9.21 Å². The average Bonchev–Trinajstić information content (AvgIpc) is 2.91. The van der Waals surface area contributed by atoms with E-state index in [2.05, 4.69) is 15.8 Å². The van der Waals surface area contributed by atoms with Gasteiger partial charge in [-0.15, -0.1) is 0 Å². The van der Waals surface area contributed by atoms with Crippen molar-refractivity contribution in [1.29, 1.82) is 0 Å². The number of carbonyl (C=O) groups is 1. The van der Waals surface area contributed by atoms with Crippen LogP contribution in [-0.4, -0.2) is 18.7 Å². The van der Waals surface area contributed by atoms with Crippen molar-refractivity contribution in [3.8, 4) is 0 Å². The molecule has 0 unspecified atom stereocenters. The van der Waals surface area contributed by atoms with Crippen molar-refractivity contribution in [1.82, 2.24) is 5.43 Å². The summed E-state index contributed by atoms with van der Waals surface area (Å²) in [4.78, 5) is 11.5. The minimum absolute atomic E-state index is 0.167. The predicted molar refractivity (Wildman–Crippen MR) is 74.1 cm³/mol.